The summed E-state index contributed by atoms with van der Waals surface area (Å²) in [5.74, 6) is 0.743. The molecule has 0 aliphatic heterocycles. The van der Waals surface area contributed by atoms with Crippen LogP contribution in [0.25, 0.3) is 10.2 Å². The first kappa shape index (κ1) is 13.4. The van der Waals surface area contributed by atoms with Crippen molar-refractivity contribution in [2.24, 2.45) is 0 Å². The van der Waals surface area contributed by atoms with Gasteiger partial charge in [-0.25, -0.2) is 9.97 Å². The van der Waals surface area contributed by atoms with Crippen LogP contribution in [0.1, 0.15) is 11.1 Å². The van der Waals surface area contributed by atoms with Crippen LogP contribution in [0.3, 0.4) is 0 Å². The highest BCUT2D eigenvalue weighted by atomic mass is 32.1. The van der Waals surface area contributed by atoms with E-state index in [9.17, 15) is 10.1 Å². The van der Waals surface area contributed by atoms with E-state index in [1.165, 1.54) is 12.4 Å². The molecule has 0 saturated heterocycles. The van der Waals surface area contributed by atoms with Crippen LogP contribution in [0, 0.1) is 17.0 Å². The quantitative estimate of drug-likeness (QED) is 0.589. The summed E-state index contributed by atoms with van der Waals surface area (Å²) in [6.07, 6.45) is 1.52. The van der Waals surface area contributed by atoms with Gasteiger partial charge in [0.1, 0.15) is 17.0 Å². The lowest BCUT2D eigenvalue weighted by molar-refractivity contribution is -0.385. The Morgan fingerprint density at radius 3 is 3.00 bits per heavy atom. The highest BCUT2D eigenvalue weighted by Gasteiger charge is 2.13. The van der Waals surface area contributed by atoms with Crippen molar-refractivity contribution < 1.29 is 4.92 Å². The minimum atomic E-state index is -0.361. The SMILES string of the molecule is Cc1c(CNc2ncnc3sccc23)cccc1[N+](=O)[O-]. The molecule has 0 unspecified atom stereocenters. The Bertz CT molecular complexity index is 816. The fraction of sp³-hybridized carbons (Fsp3) is 0.143. The Morgan fingerprint density at radius 1 is 1.33 bits per heavy atom. The molecule has 0 aliphatic rings. The van der Waals surface area contributed by atoms with Gasteiger partial charge in [-0.05, 0) is 23.9 Å². The van der Waals surface area contributed by atoms with E-state index in [1.807, 2.05) is 17.5 Å². The normalized spacial score (nSPS) is 10.7. The maximum absolute atomic E-state index is 11.0. The third-order valence-corrected chi connectivity index (χ3v) is 4.14. The van der Waals surface area contributed by atoms with Crippen LogP contribution in [0.15, 0.2) is 36.0 Å². The number of hydrogen-bond donors (Lipinski definition) is 1. The molecule has 1 N–H and O–H groups in total. The Balaban J connectivity index is 1.87. The average Bonchev–Trinajstić information content (AvgIpc) is 2.95. The second kappa shape index (κ2) is 5.45. The molecular formula is C14H12N4O2S. The van der Waals surface area contributed by atoms with Crippen LogP contribution >= 0.6 is 11.3 Å². The zero-order valence-corrected chi connectivity index (χ0v) is 12.1. The van der Waals surface area contributed by atoms with Crippen LogP contribution in [0.4, 0.5) is 11.5 Å². The fourth-order valence-electron chi connectivity index (χ4n) is 2.17. The first-order valence-corrected chi connectivity index (χ1v) is 7.19. The standard InChI is InChI=1S/C14H12N4O2S/c1-9-10(3-2-4-12(9)18(19)20)7-15-13-11-5-6-21-14(11)17-8-16-13/h2-6,8H,7H2,1H3,(H,15,16,17). The van der Waals surface area contributed by atoms with Crippen molar-refractivity contribution in [1.29, 1.82) is 0 Å². The summed E-state index contributed by atoms with van der Waals surface area (Å²) in [7, 11) is 0. The highest BCUT2D eigenvalue weighted by Crippen LogP contribution is 2.25. The summed E-state index contributed by atoms with van der Waals surface area (Å²) in [6, 6.07) is 7.05. The lowest BCUT2D eigenvalue weighted by Crippen LogP contribution is -2.05. The number of benzene rings is 1. The summed E-state index contributed by atoms with van der Waals surface area (Å²) in [6.45, 7) is 2.24. The molecule has 0 radical (unpaired) electrons. The van der Waals surface area contributed by atoms with Gasteiger partial charge in [0, 0.05) is 18.2 Å². The van der Waals surface area contributed by atoms with E-state index in [-0.39, 0.29) is 10.6 Å². The van der Waals surface area contributed by atoms with E-state index in [0.29, 0.717) is 12.1 Å². The second-order valence-corrected chi connectivity index (χ2v) is 5.43. The first-order valence-electron chi connectivity index (χ1n) is 6.32. The van der Waals surface area contributed by atoms with Crippen LogP contribution in [-0.2, 0) is 6.54 Å². The molecule has 3 rings (SSSR count). The molecule has 0 spiro atoms. The van der Waals surface area contributed by atoms with Crippen LogP contribution < -0.4 is 5.32 Å². The number of hydrogen-bond acceptors (Lipinski definition) is 6. The molecule has 21 heavy (non-hydrogen) atoms. The second-order valence-electron chi connectivity index (χ2n) is 4.53. The Hall–Kier alpha value is -2.54. The number of nitro benzene ring substituents is 1. The van der Waals surface area contributed by atoms with Gasteiger partial charge in [-0.3, -0.25) is 10.1 Å². The Kier molecular flexibility index (Phi) is 3.49. The van der Waals surface area contributed by atoms with Crippen molar-refractivity contribution in [3.8, 4) is 0 Å². The van der Waals surface area contributed by atoms with E-state index >= 15 is 0 Å². The summed E-state index contributed by atoms with van der Waals surface area (Å²) in [4.78, 5) is 19.9. The molecule has 1 aromatic carbocycles. The number of thiophene rings is 1. The van der Waals surface area contributed by atoms with Gasteiger partial charge in [0.05, 0.1) is 10.3 Å². The van der Waals surface area contributed by atoms with Crippen LogP contribution in [0.5, 0.6) is 0 Å². The number of nitrogens with zero attached hydrogens (tertiary/aromatic N) is 3. The summed E-state index contributed by atoms with van der Waals surface area (Å²) in [5.41, 5.74) is 1.69. The molecule has 0 saturated carbocycles. The van der Waals surface area contributed by atoms with Gasteiger partial charge in [-0.1, -0.05) is 12.1 Å². The number of fused-ring (bicyclic) bond motifs is 1. The molecule has 7 heteroatoms. The summed E-state index contributed by atoms with van der Waals surface area (Å²) in [5, 5.41) is 17.1. The number of nitro groups is 1. The molecule has 0 fully saturated rings. The molecule has 0 amide bonds. The predicted molar refractivity (Wildman–Crippen MR) is 82.6 cm³/mol. The molecule has 3 aromatic rings. The maximum atomic E-state index is 11.0. The average molecular weight is 300 g/mol. The van der Waals surface area contributed by atoms with Gasteiger partial charge in [0.15, 0.2) is 0 Å². The zero-order chi connectivity index (χ0) is 14.8. The van der Waals surface area contributed by atoms with Gasteiger partial charge < -0.3 is 5.32 Å². The van der Waals surface area contributed by atoms with Crippen molar-refractivity contribution in [3.63, 3.8) is 0 Å². The number of nitrogens with one attached hydrogen (secondary N) is 1. The monoisotopic (exact) mass is 300 g/mol. The molecule has 106 valence electrons. The summed E-state index contributed by atoms with van der Waals surface area (Å²) < 4.78 is 0. The highest BCUT2D eigenvalue weighted by molar-refractivity contribution is 7.16. The van der Waals surface area contributed by atoms with Crippen molar-refractivity contribution in [3.05, 3.63) is 57.2 Å². The molecule has 2 aromatic heterocycles. The molecule has 0 aliphatic carbocycles. The smallest absolute Gasteiger partial charge is 0.272 e. The predicted octanol–water partition coefficient (Wildman–Crippen LogP) is 3.52. The van der Waals surface area contributed by atoms with Crippen molar-refractivity contribution in [1.82, 2.24) is 9.97 Å². The minimum Gasteiger partial charge on any atom is -0.365 e. The lowest BCUT2D eigenvalue weighted by Gasteiger charge is -2.09. The molecule has 6 nitrogen and oxygen atoms in total. The summed E-state index contributed by atoms with van der Waals surface area (Å²) >= 11 is 1.55. The number of anilines is 1. The van der Waals surface area contributed by atoms with E-state index < -0.39 is 0 Å². The van der Waals surface area contributed by atoms with Gasteiger partial charge in [0.25, 0.3) is 5.69 Å². The van der Waals surface area contributed by atoms with E-state index in [2.05, 4.69) is 15.3 Å². The third kappa shape index (κ3) is 2.55. The number of rotatable bonds is 4. The van der Waals surface area contributed by atoms with Crippen LogP contribution in [-0.4, -0.2) is 14.9 Å². The lowest BCUT2D eigenvalue weighted by atomic mass is 10.1. The minimum absolute atomic E-state index is 0.137. The van der Waals surface area contributed by atoms with Gasteiger partial charge in [-0.15, -0.1) is 11.3 Å². The van der Waals surface area contributed by atoms with Crippen LogP contribution in [0.2, 0.25) is 0 Å². The molecule has 0 bridgehead atoms. The van der Waals surface area contributed by atoms with Gasteiger partial charge >= 0.3 is 0 Å². The topological polar surface area (TPSA) is 81.0 Å². The van der Waals surface area contributed by atoms with E-state index in [4.69, 9.17) is 0 Å². The van der Waals surface area contributed by atoms with Crippen molar-refractivity contribution in [2.75, 3.05) is 5.32 Å². The zero-order valence-electron chi connectivity index (χ0n) is 11.2. The Labute approximate surface area is 124 Å². The maximum Gasteiger partial charge on any atom is 0.272 e. The van der Waals surface area contributed by atoms with Crippen molar-refractivity contribution in [2.45, 2.75) is 13.5 Å². The molecule has 0 atom stereocenters. The largest absolute Gasteiger partial charge is 0.365 e. The van der Waals surface area contributed by atoms with E-state index in [1.54, 1.807) is 24.3 Å². The Morgan fingerprint density at radius 2 is 2.19 bits per heavy atom. The van der Waals surface area contributed by atoms with Gasteiger partial charge in [-0.2, -0.15) is 0 Å². The third-order valence-electron chi connectivity index (χ3n) is 3.32. The first-order chi connectivity index (χ1) is 10.2. The van der Waals surface area contributed by atoms with Gasteiger partial charge in [0.2, 0.25) is 0 Å². The fourth-order valence-corrected chi connectivity index (χ4v) is 2.90. The van der Waals surface area contributed by atoms with Crippen molar-refractivity contribution >= 4 is 33.1 Å². The van der Waals surface area contributed by atoms with E-state index in [0.717, 1.165) is 21.6 Å². The molecule has 2 heterocycles. The molecular weight excluding hydrogens is 288 g/mol. The number of aromatic nitrogens is 2.